The van der Waals surface area contributed by atoms with Gasteiger partial charge in [-0.05, 0) is 43.0 Å². The van der Waals surface area contributed by atoms with Gasteiger partial charge in [-0.15, -0.1) is 0 Å². The lowest BCUT2D eigenvalue weighted by molar-refractivity contribution is 0.0979. The molecule has 0 aliphatic heterocycles. The lowest BCUT2D eigenvalue weighted by Gasteiger charge is -2.09. The van der Waals surface area contributed by atoms with E-state index in [1.54, 1.807) is 32.4 Å². The second-order valence-corrected chi connectivity index (χ2v) is 5.19. The van der Waals surface area contributed by atoms with E-state index in [9.17, 15) is 4.79 Å². The summed E-state index contributed by atoms with van der Waals surface area (Å²) in [5.74, 6) is 1.38. The Labute approximate surface area is 131 Å². The fraction of sp³-hybridized carbons (Fsp3) is 0.316. The smallest absolute Gasteiger partial charge is 0.163 e. The molecule has 0 radical (unpaired) electrons. The minimum atomic E-state index is 0.147. The van der Waals surface area contributed by atoms with E-state index in [1.807, 2.05) is 18.2 Å². The monoisotopic (exact) mass is 298 g/mol. The summed E-state index contributed by atoms with van der Waals surface area (Å²) in [4.78, 5) is 12.2. The number of carbonyl (C=O) groups is 1. The molecule has 22 heavy (non-hydrogen) atoms. The fourth-order valence-corrected chi connectivity index (χ4v) is 2.41. The molecule has 0 aliphatic carbocycles. The minimum Gasteiger partial charge on any atom is -0.493 e. The molecule has 0 spiro atoms. The Kier molecular flexibility index (Phi) is 6.01. The van der Waals surface area contributed by atoms with E-state index in [0.717, 1.165) is 19.3 Å². The summed E-state index contributed by atoms with van der Waals surface area (Å²) in [6.45, 7) is 0. The molecule has 2 aromatic rings. The standard InChI is InChI=1S/C19H22O3/c1-21-18-13-12-16(14-19(18)22-2)17(20)11-7-6-10-15-8-4-3-5-9-15/h3-5,8-9,12-14H,6-7,10-11H2,1-2H3. The number of carbonyl (C=O) groups excluding carboxylic acids is 1. The summed E-state index contributed by atoms with van der Waals surface area (Å²) in [5, 5.41) is 0. The van der Waals surface area contributed by atoms with Gasteiger partial charge in [-0.3, -0.25) is 4.79 Å². The maximum atomic E-state index is 12.2. The van der Waals surface area contributed by atoms with Crippen molar-refractivity contribution >= 4 is 5.78 Å². The maximum Gasteiger partial charge on any atom is 0.163 e. The number of methoxy groups -OCH3 is 2. The fourth-order valence-electron chi connectivity index (χ4n) is 2.41. The highest BCUT2D eigenvalue weighted by Crippen LogP contribution is 2.28. The molecule has 0 bridgehead atoms. The number of ether oxygens (including phenoxy) is 2. The molecule has 3 heteroatoms. The molecule has 0 unspecified atom stereocenters. The van der Waals surface area contributed by atoms with Crippen LogP contribution in [0.15, 0.2) is 48.5 Å². The van der Waals surface area contributed by atoms with E-state index < -0.39 is 0 Å². The third kappa shape index (κ3) is 4.35. The zero-order valence-corrected chi connectivity index (χ0v) is 13.2. The van der Waals surface area contributed by atoms with Crippen LogP contribution in [0.25, 0.3) is 0 Å². The van der Waals surface area contributed by atoms with Gasteiger partial charge in [0.15, 0.2) is 17.3 Å². The topological polar surface area (TPSA) is 35.5 Å². The first-order chi connectivity index (χ1) is 10.7. The number of rotatable bonds is 8. The van der Waals surface area contributed by atoms with Crippen molar-refractivity contribution in [2.24, 2.45) is 0 Å². The first kappa shape index (κ1) is 16.1. The van der Waals surface area contributed by atoms with Crippen molar-refractivity contribution in [1.82, 2.24) is 0 Å². The highest BCUT2D eigenvalue weighted by Gasteiger charge is 2.10. The first-order valence-electron chi connectivity index (χ1n) is 7.53. The molecular formula is C19H22O3. The number of hydrogen-bond donors (Lipinski definition) is 0. The molecule has 0 aromatic heterocycles. The third-order valence-corrected chi connectivity index (χ3v) is 3.67. The third-order valence-electron chi connectivity index (χ3n) is 3.67. The predicted molar refractivity (Wildman–Crippen MR) is 87.9 cm³/mol. The molecule has 0 saturated carbocycles. The number of ketones is 1. The van der Waals surface area contributed by atoms with Crippen LogP contribution >= 0.6 is 0 Å². The normalized spacial score (nSPS) is 10.3. The number of aryl methyl sites for hydroxylation is 1. The van der Waals surface area contributed by atoms with E-state index in [2.05, 4.69) is 12.1 Å². The van der Waals surface area contributed by atoms with Crippen molar-refractivity contribution in [3.05, 3.63) is 59.7 Å². The van der Waals surface area contributed by atoms with Crippen LogP contribution in [0.2, 0.25) is 0 Å². The summed E-state index contributed by atoms with van der Waals surface area (Å²) < 4.78 is 10.4. The van der Waals surface area contributed by atoms with Gasteiger partial charge < -0.3 is 9.47 Å². The van der Waals surface area contributed by atoms with Gasteiger partial charge in [0, 0.05) is 12.0 Å². The van der Waals surface area contributed by atoms with Gasteiger partial charge in [0.05, 0.1) is 14.2 Å². The molecule has 116 valence electrons. The van der Waals surface area contributed by atoms with Gasteiger partial charge in [-0.25, -0.2) is 0 Å². The second kappa shape index (κ2) is 8.23. The van der Waals surface area contributed by atoms with Crippen molar-refractivity contribution < 1.29 is 14.3 Å². The lowest BCUT2D eigenvalue weighted by Crippen LogP contribution is -2.01. The van der Waals surface area contributed by atoms with Gasteiger partial charge in [0.25, 0.3) is 0 Å². The Morgan fingerprint density at radius 2 is 1.64 bits per heavy atom. The zero-order valence-electron chi connectivity index (χ0n) is 13.2. The number of unbranched alkanes of at least 4 members (excludes halogenated alkanes) is 1. The van der Waals surface area contributed by atoms with Gasteiger partial charge in [0.1, 0.15) is 0 Å². The molecule has 0 heterocycles. The van der Waals surface area contributed by atoms with Crippen LogP contribution in [0.3, 0.4) is 0 Å². The number of Topliss-reactive ketones (excluding diaryl/α,β-unsaturated/α-hetero) is 1. The Bertz CT molecular complexity index is 605. The SMILES string of the molecule is COc1ccc(C(=O)CCCCc2ccccc2)cc1OC. The van der Waals surface area contributed by atoms with Crippen molar-refractivity contribution in [3.63, 3.8) is 0 Å². The first-order valence-corrected chi connectivity index (χ1v) is 7.53. The minimum absolute atomic E-state index is 0.147. The maximum absolute atomic E-state index is 12.2. The van der Waals surface area contributed by atoms with Crippen molar-refractivity contribution in [3.8, 4) is 11.5 Å². The highest BCUT2D eigenvalue weighted by atomic mass is 16.5. The van der Waals surface area contributed by atoms with E-state index in [4.69, 9.17) is 9.47 Å². The molecule has 3 nitrogen and oxygen atoms in total. The van der Waals surface area contributed by atoms with Crippen LogP contribution in [0.4, 0.5) is 0 Å². The average molecular weight is 298 g/mol. The van der Waals surface area contributed by atoms with Crippen molar-refractivity contribution in [2.45, 2.75) is 25.7 Å². The highest BCUT2D eigenvalue weighted by molar-refractivity contribution is 5.96. The van der Waals surface area contributed by atoms with E-state index in [-0.39, 0.29) is 5.78 Å². The molecule has 2 aromatic carbocycles. The van der Waals surface area contributed by atoms with Crippen LogP contribution in [0, 0.1) is 0 Å². The number of hydrogen-bond acceptors (Lipinski definition) is 3. The van der Waals surface area contributed by atoms with Crippen LogP contribution < -0.4 is 9.47 Å². The Balaban J connectivity index is 1.84. The quantitative estimate of drug-likeness (QED) is 0.538. The zero-order chi connectivity index (χ0) is 15.8. The molecule has 0 N–H and O–H groups in total. The van der Waals surface area contributed by atoms with Crippen LogP contribution in [-0.4, -0.2) is 20.0 Å². The Morgan fingerprint density at radius 1 is 0.909 bits per heavy atom. The van der Waals surface area contributed by atoms with Gasteiger partial charge in [-0.1, -0.05) is 30.3 Å². The van der Waals surface area contributed by atoms with Crippen LogP contribution in [0.1, 0.15) is 35.2 Å². The van der Waals surface area contributed by atoms with E-state index in [0.29, 0.717) is 23.5 Å². The van der Waals surface area contributed by atoms with Crippen molar-refractivity contribution in [2.75, 3.05) is 14.2 Å². The molecule has 0 saturated heterocycles. The van der Waals surface area contributed by atoms with E-state index >= 15 is 0 Å². The molecule has 0 fully saturated rings. The molecule has 2 rings (SSSR count). The lowest BCUT2D eigenvalue weighted by atomic mass is 10.0. The molecule has 0 aliphatic rings. The molecule has 0 atom stereocenters. The molecular weight excluding hydrogens is 276 g/mol. The summed E-state index contributed by atoms with van der Waals surface area (Å²) in [7, 11) is 3.16. The summed E-state index contributed by atoms with van der Waals surface area (Å²) in [6, 6.07) is 15.7. The van der Waals surface area contributed by atoms with Crippen LogP contribution in [0.5, 0.6) is 11.5 Å². The Morgan fingerprint density at radius 3 is 2.32 bits per heavy atom. The second-order valence-electron chi connectivity index (χ2n) is 5.19. The van der Waals surface area contributed by atoms with Crippen LogP contribution in [-0.2, 0) is 6.42 Å². The summed E-state index contributed by atoms with van der Waals surface area (Å²) in [6.07, 6.45) is 3.48. The molecule has 0 amide bonds. The number of benzene rings is 2. The predicted octanol–water partition coefficient (Wildman–Crippen LogP) is 4.30. The summed E-state index contributed by atoms with van der Waals surface area (Å²) in [5.41, 5.74) is 2.00. The largest absolute Gasteiger partial charge is 0.493 e. The Hall–Kier alpha value is -2.29. The van der Waals surface area contributed by atoms with E-state index in [1.165, 1.54) is 5.56 Å². The summed E-state index contributed by atoms with van der Waals surface area (Å²) >= 11 is 0. The van der Waals surface area contributed by atoms with Gasteiger partial charge >= 0.3 is 0 Å². The average Bonchev–Trinajstić information content (AvgIpc) is 2.58. The van der Waals surface area contributed by atoms with Crippen molar-refractivity contribution in [1.29, 1.82) is 0 Å². The van der Waals surface area contributed by atoms with Gasteiger partial charge in [-0.2, -0.15) is 0 Å². The van der Waals surface area contributed by atoms with Gasteiger partial charge in [0.2, 0.25) is 0 Å².